The summed E-state index contributed by atoms with van der Waals surface area (Å²) in [5, 5.41) is -0.115. The number of rotatable bonds is 4. The zero-order valence-electron chi connectivity index (χ0n) is 14.1. The number of hydrogen-bond acceptors (Lipinski definition) is 5. The lowest BCUT2D eigenvalue weighted by atomic mass is 10.2. The third kappa shape index (κ3) is 3.60. The van der Waals surface area contributed by atoms with Gasteiger partial charge in [0.15, 0.2) is 6.10 Å². The van der Waals surface area contributed by atoms with Crippen molar-refractivity contribution in [3.05, 3.63) is 23.0 Å². The van der Waals surface area contributed by atoms with Crippen LogP contribution in [-0.4, -0.2) is 61.8 Å². The number of carbonyl (C=O) groups is 3. The van der Waals surface area contributed by atoms with Crippen LogP contribution >= 0.6 is 11.6 Å². The van der Waals surface area contributed by atoms with Crippen molar-refractivity contribution in [3.8, 4) is 5.75 Å². The lowest BCUT2D eigenvalue weighted by Crippen LogP contribution is -2.59. The Labute approximate surface area is 148 Å². The average Bonchev–Trinajstić information content (AvgIpc) is 2.56. The molecule has 1 fully saturated rings. The maximum absolute atomic E-state index is 14.4. The number of imide groups is 1. The minimum absolute atomic E-state index is 0.0625. The standard InChI is InChI=1S/C15H17ClFN3O5/c1-8(13(21)24-4)25-12-6-11(10(17)5-9(12)16)20-14(22)18(2)7-19(3)15(20)23/h5-6,8H,7H2,1-4H3/t8-/m1/s1. The summed E-state index contributed by atoms with van der Waals surface area (Å²) in [5.41, 5.74) is -0.329. The molecule has 1 aliphatic rings. The lowest BCUT2D eigenvalue weighted by Gasteiger charge is -2.37. The quantitative estimate of drug-likeness (QED) is 0.757. The van der Waals surface area contributed by atoms with E-state index in [4.69, 9.17) is 16.3 Å². The maximum atomic E-state index is 14.4. The molecular weight excluding hydrogens is 357 g/mol. The number of ether oxygens (including phenoxy) is 2. The van der Waals surface area contributed by atoms with Crippen molar-refractivity contribution < 1.29 is 28.2 Å². The van der Waals surface area contributed by atoms with E-state index in [9.17, 15) is 18.8 Å². The number of methoxy groups -OCH3 is 1. The molecule has 0 saturated carbocycles. The molecule has 136 valence electrons. The minimum atomic E-state index is -1.01. The van der Waals surface area contributed by atoms with Gasteiger partial charge in [-0.1, -0.05) is 11.6 Å². The predicted octanol–water partition coefficient (Wildman–Crippen LogP) is 2.30. The molecule has 0 radical (unpaired) electrons. The first-order valence-corrected chi connectivity index (χ1v) is 7.59. The summed E-state index contributed by atoms with van der Waals surface area (Å²) in [6.07, 6.45) is -1.01. The van der Waals surface area contributed by atoms with Gasteiger partial charge in [-0.25, -0.2) is 23.7 Å². The number of nitrogens with zero attached hydrogens (tertiary/aromatic N) is 3. The molecule has 1 heterocycles. The van der Waals surface area contributed by atoms with Gasteiger partial charge in [0.25, 0.3) is 0 Å². The summed E-state index contributed by atoms with van der Waals surface area (Å²) in [7, 11) is 4.14. The summed E-state index contributed by atoms with van der Waals surface area (Å²) in [4.78, 5) is 39.2. The van der Waals surface area contributed by atoms with E-state index in [1.165, 1.54) is 37.9 Å². The molecule has 4 amide bonds. The predicted molar refractivity (Wildman–Crippen MR) is 87.2 cm³/mol. The van der Waals surface area contributed by atoms with Crippen molar-refractivity contribution in [3.63, 3.8) is 0 Å². The van der Waals surface area contributed by atoms with E-state index in [0.717, 1.165) is 12.1 Å². The van der Waals surface area contributed by atoms with Gasteiger partial charge >= 0.3 is 18.0 Å². The van der Waals surface area contributed by atoms with Crippen LogP contribution in [0.3, 0.4) is 0 Å². The zero-order valence-corrected chi connectivity index (χ0v) is 14.8. The van der Waals surface area contributed by atoms with Gasteiger partial charge in [0.05, 0.1) is 24.5 Å². The van der Waals surface area contributed by atoms with Gasteiger partial charge in [0.2, 0.25) is 0 Å². The Morgan fingerprint density at radius 2 is 1.80 bits per heavy atom. The monoisotopic (exact) mass is 373 g/mol. The normalized spacial score (nSPS) is 16.2. The van der Waals surface area contributed by atoms with Crippen LogP contribution in [0.2, 0.25) is 5.02 Å². The molecule has 1 atom stereocenters. The highest BCUT2D eigenvalue weighted by molar-refractivity contribution is 6.32. The fourth-order valence-electron chi connectivity index (χ4n) is 2.25. The molecular formula is C15H17ClFN3O5. The average molecular weight is 374 g/mol. The SMILES string of the molecule is COC(=O)[C@@H](C)Oc1cc(N2C(=O)N(C)CN(C)C2=O)c(F)cc1Cl. The summed E-state index contributed by atoms with van der Waals surface area (Å²) in [6, 6.07) is 0.609. The maximum Gasteiger partial charge on any atom is 0.346 e. The molecule has 0 N–H and O–H groups in total. The lowest BCUT2D eigenvalue weighted by molar-refractivity contribution is -0.147. The third-order valence-electron chi connectivity index (χ3n) is 3.54. The molecule has 2 rings (SSSR count). The minimum Gasteiger partial charge on any atom is -0.477 e. The van der Waals surface area contributed by atoms with Crippen molar-refractivity contribution >= 4 is 35.3 Å². The topological polar surface area (TPSA) is 79.4 Å². The Morgan fingerprint density at radius 3 is 2.32 bits per heavy atom. The van der Waals surface area contributed by atoms with Gasteiger partial charge in [0, 0.05) is 20.2 Å². The molecule has 1 saturated heterocycles. The van der Waals surface area contributed by atoms with Gasteiger partial charge in [0.1, 0.15) is 11.6 Å². The molecule has 1 aromatic carbocycles. The number of carbonyl (C=O) groups excluding carboxylic acids is 3. The van der Waals surface area contributed by atoms with Crippen LogP contribution < -0.4 is 9.64 Å². The van der Waals surface area contributed by atoms with Crippen molar-refractivity contribution in [1.29, 1.82) is 0 Å². The molecule has 0 aliphatic carbocycles. The Kier molecular flexibility index (Phi) is 5.36. The molecule has 0 unspecified atom stereocenters. The molecule has 1 aliphatic heterocycles. The number of halogens is 2. The number of anilines is 1. The van der Waals surface area contributed by atoms with E-state index in [1.807, 2.05) is 0 Å². The third-order valence-corrected chi connectivity index (χ3v) is 3.83. The van der Waals surface area contributed by atoms with E-state index in [-0.39, 0.29) is 23.1 Å². The van der Waals surface area contributed by atoms with Gasteiger partial charge in [-0.15, -0.1) is 0 Å². The highest BCUT2D eigenvalue weighted by atomic mass is 35.5. The van der Waals surface area contributed by atoms with Gasteiger partial charge in [-0.3, -0.25) is 0 Å². The van der Waals surface area contributed by atoms with Crippen molar-refractivity contribution in [1.82, 2.24) is 9.80 Å². The second-order valence-corrected chi connectivity index (χ2v) is 5.86. The molecule has 8 nitrogen and oxygen atoms in total. The van der Waals surface area contributed by atoms with E-state index in [1.54, 1.807) is 0 Å². The number of hydrogen-bond donors (Lipinski definition) is 0. The van der Waals surface area contributed by atoms with Gasteiger partial charge in [-0.05, 0) is 13.0 Å². The summed E-state index contributed by atoms with van der Waals surface area (Å²) < 4.78 is 24.3. The van der Waals surface area contributed by atoms with Crippen LogP contribution in [0.4, 0.5) is 19.7 Å². The van der Waals surface area contributed by atoms with Crippen molar-refractivity contribution in [2.75, 3.05) is 32.8 Å². The van der Waals surface area contributed by atoms with Gasteiger partial charge < -0.3 is 19.3 Å². The molecule has 0 aromatic heterocycles. The first-order chi connectivity index (χ1) is 11.7. The Bertz CT molecular complexity index is 709. The molecule has 0 spiro atoms. The number of esters is 1. The summed E-state index contributed by atoms with van der Waals surface area (Å²) in [6.45, 7) is 1.50. The van der Waals surface area contributed by atoms with E-state index in [0.29, 0.717) is 4.90 Å². The van der Waals surface area contributed by atoms with Crippen LogP contribution in [0, 0.1) is 5.82 Å². The van der Waals surface area contributed by atoms with E-state index in [2.05, 4.69) is 4.74 Å². The van der Waals surface area contributed by atoms with Crippen LogP contribution in [0.1, 0.15) is 6.92 Å². The Hall–Kier alpha value is -2.55. The van der Waals surface area contributed by atoms with E-state index < -0.39 is 30.0 Å². The largest absolute Gasteiger partial charge is 0.477 e. The highest BCUT2D eigenvalue weighted by Gasteiger charge is 2.37. The van der Waals surface area contributed by atoms with Crippen LogP contribution in [0.25, 0.3) is 0 Å². The second-order valence-electron chi connectivity index (χ2n) is 5.46. The van der Waals surface area contributed by atoms with Crippen LogP contribution in [-0.2, 0) is 9.53 Å². The number of amides is 4. The first kappa shape index (κ1) is 18.8. The Balaban J connectivity index is 2.44. The van der Waals surface area contributed by atoms with Crippen molar-refractivity contribution in [2.24, 2.45) is 0 Å². The molecule has 25 heavy (non-hydrogen) atoms. The molecule has 1 aromatic rings. The fourth-order valence-corrected chi connectivity index (χ4v) is 2.45. The second kappa shape index (κ2) is 7.14. The summed E-state index contributed by atoms with van der Waals surface area (Å²) >= 11 is 5.94. The van der Waals surface area contributed by atoms with Crippen LogP contribution in [0.5, 0.6) is 5.75 Å². The smallest absolute Gasteiger partial charge is 0.346 e. The fraction of sp³-hybridized carbons (Fsp3) is 0.400. The van der Waals surface area contributed by atoms with Crippen LogP contribution in [0.15, 0.2) is 12.1 Å². The number of benzene rings is 1. The first-order valence-electron chi connectivity index (χ1n) is 7.21. The molecule has 0 bridgehead atoms. The molecule has 10 heteroatoms. The summed E-state index contributed by atoms with van der Waals surface area (Å²) in [5.74, 6) is -1.60. The van der Waals surface area contributed by atoms with Gasteiger partial charge in [-0.2, -0.15) is 0 Å². The highest BCUT2D eigenvalue weighted by Crippen LogP contribution is 2.34. The Morgan fingerprint density at radius 1 is 1.24 bits per heavy atom. The number of urea groups is 2. The van der Waals surface area contributed by atoms with Crippen molar-refractivity contribution in [2.45, 2.75) is 13.0 Å². The van der Waals surface area contributed by atoms with E-state index >= 15 is 0 Å². The zero-order chi connectivity index (χ0) is 18.9.